The molecule has 2 saturated carbocycles. The molecule has 3 fully saturated rings. The molecular weight excluding hydrogens is 244 g/mol. The van der Waals surface area contributed by atoms with Crippen LogP contribution in [0.3, 0.4) is 0 Å². The summed E-state index contributed by atoms with van der Waals surface area (Å²) < 4.78 is 2.21. The third kappa shape index (κ3) is 1.30. The number of hydrazine groups is 1. The van der Waals surface area contributed by atoms with E-state index in [0.29, 0.717) is 17.9 Å². The number of rotatable bonds is 1. The largest absolute Gasteiger partial charge is 0.287 e. The molecule has 1 aromatic rings. The first-order valence-electron chi connectivity index (χ1n) is 6.70. The minimum absolute atomic E-state index is 0.268. The van der Waals surface area contributed by atoms with E-state index in [1.165, 1.54) is 24.1 Å². The monoisotopic (exact) mass is 261 g/mol. The Hall–Kier alpha value is -1.16. The van der Waals surface area contributed by atoms with Gasteiger partial charge in [-0.2, -0.15) is 0 Å². The van der Waals surface area contributed by atoms with Gasteiger partial charge in [-0.05, 0) is 36.6 Å². The van der Waals surface area contributed by atoms with Crippen LogP contribution in [0, 0.1) is 17.8 Å². The number of hydrogen-bond acceptors (Lipinski definition) is 2. The molecule has 3 nitrogen and oxygen atoms in total. The van der Waals surface area contributed by atoms with Gasteiger partial charge in [0, 0.05) is 5.92 Å². The van der Waals surface area contributed by atoms with Crippen LogP contribution in [0.15, 0.2) is 17.5 Å². The van der Waals surface area contributed by atoms with Crippen LogP contribution < -0.4 is 0 Å². The van der Waals surface area contributed by atoms with E-state index in [1.807, 2.05) is 12.1 Å². The number of carbonyl (C=O) groups excluding carboxylic acids is 1. The summed E-state index contributed by atoms with van der Waals surface area (Å²) in [7, 11) is 1.92. The number of carbonyl (C=O) groups is 1. The molecule has 2 heterocycles. The standard InChI is InChI=1S/C14H17N2OS/c1-15-14(17)12-9-4-5-10(7-9)13(12)16(15)8-11-3-2-6-18-11/h2-3,6,8-10,12-13H,4-5,7H2,1H3/q+1/b16-8-/t9-,10+,12?,13-/m1/s1. The smallest absolute Gasteiger partial charge is 0.268 e. The maximum Gasteiger partial charge on any atom is 0.287 e. The third-order valence-electron chi connectivity index (χ3n) is 4.93. The lowest BCUT2D eigenvalue weighted by Crippen LogP contribution is -2.35. The number of hydrazone groups is 1. The van der Waals surface area contributed by atoms with Crippen molar-refractivity contribution in [2.24, 2.45) is 17.8 Å². The van der Waals surface area contributed by atoms with Crippen molar-refractivity contribution in [3.8, 4) is 0 Å². The summed E-state index contributed by atoms with van der Waals surface area (Å²) in [5.74, 6) is 1.98. The average Bonchev–Trinajstić information content (AvgIpc) is 3.10. The highest BCUT2D eigenvalue weighted by atomic mass is 32.1. The van der Waals surface area contributed by atoms with Crippen LogP contribution in [0.4, 0.5) is 0 Å². The van der Waals surface area contributed by atoms with Crippen LogP contribution in [0.5, 0.6) is 0 Å². The fourth-order valence-corrected chi connectivity index (χ4v) is 4.83. The summed E-state index contributed by atoms with van der Waals surface area (Å²) in [4.78, 5) is 13.6. The zero-order valence-electron chi connectivity index (χ0n) is 10.5. The number of nitrogens with zero attached hydrogens (tertiary/aromatic N) is 2. The van der Waals surface area contributed by atoms with E-state index < -0.39 is 0 Å². The van der Waals surface area contributed by atoms with Gasteiger partial charge in [-0.1, -0.05) is 6.07 Å². The summed E-state index contributed by atoms with van der Waals surface area (Å²) in [5.41, 5.74) is 0. The SMILES string of the molecule is CN1C(=O)C2[C@@H]3CC[C@@H](C3)[C@H]2/[N+]1=C/c1cccs1. The molecule has 1 amide bonds. The van der Waals surface area contributed by atoms with Gasteiger partial charge in [-0.15, -0.1) is 21.0 Å². The molecule has 4 heteroatoms. The number of fused-ring (bicyclic) bond motifs is 5. The molecule has 4 rings (SSSR count). The predicted molar refractivity (Wildman–Crippen MR) is 70.6 cm³/mol. The van der Waals surface area contributed by atoms with Crippen molar-refractivity contribution in [1.82, 2.24) is 5.01 Å². The second-order valence-electron chi connectivity index (χ2n) is 5.74. The lowest BCUT2D eigenvalue weighted by Gasteiger charge is -2.16. The zero-order chi connectivity index (χ0) is 12.3. The van der Waals surface area contributed by atoms with Gasteiger partial charge in [-0.3, -0.25) is 4.79 Å². The van der Waals surface area contributed by atoms with Gasteiger partial charge < -0.3 is 0 Å². The van der Waals surface area contributed by atoms with E-state index in [-0.39, 0.29) is 5.92 Å². The van der Waals surface area contributed by atoms with E-state index in [4.69, 9.17) is 0 Å². The van der Waals surface area contributed by atoms with Crippen LogP contribution in [0.2, 0.25) is 0 Å². The molecule has 1 saturated heterocycles. The third-order valence-corrected chi connectivity index (χ3v) is 5.74. The second-order valence-corrected chi connectivity index (χ2v) is 6.72. The highest BCUT2D eigenvalue weighted by molar-refractivity contribution is 7.11. The Morgan fingerprint density at radius 1 is 1.44 bits per heavy atom. The Balaban J connectivity index is 1.77. The van der Waals surface area contributed by atoms with Crippen LogP contribution in [0.1, 0.15) is 24.1 Å². The quantitative estimate of drug-likeness (QED) is 0.709. The topological polar surface area (TPSA) is 23.3 Å². The minimum atomic E-state index is 0.268. The summed E-state index contributed by atoms with van der Waals surface area (Å²) in [6.07, 6.45) is 6.00. The van der Waals surface area contributed by atoms with Gasteiger partial charge in [0.1, 0.15) is 5.92 Å². The van der Waals surface area contributed by atoms with Crippen molar-refractivity contribution < 1.29 is 9.48 Å². The lowest BCUT2D eigenvalue weighted by atomic mass is 9.85. The van der Waals surface area contributed by atoms with Gasteiger partial charge in [0.05, 0.1) is 11.9 Å². The van der Waals surface area contributed by atoms with E-state index in [9.17, 15) is 4.79 Å². The first kappa shape index (κ1) is 10.7. The molecule has 1 aromatic heterocycles. The van der Waals surface area contributed by atoms with Crippen molar-refractivity contribution in [3.05, 3.63) is 22.4 Å². The molecule has 94 valence electrons. The van der Waals surface area contributed by atoms with Crippen molar-refractivity contribution in [1.29, 1.82) is 0 Å². The summed E-state index contributed by atoms with van der Waals surface area (Å²) in [6, 6.07) is 4.61. The number of amides is 1. The maximum absolute atomic E-state index is 12.4. The van der Waals surface area contributed by atoms with E-state index in [0.717, 1.165) is 5.92 Å². The summed E-state index contributed by atoms with van der Waals surface area (Å²) in [5, 5.41) is 3.93. The summed E-state index contributed by atoms with van der Waals surface area (Å²) >= 11 is 1.73. The molecule has 0 spiro atoms. The second kappa shape index (κ2) is 3.67. The lowest BCUT2D eigenvalue weighted by molar-refractivity contribution is -0.680. The van der Waals surface area contributed by atoms with Gasteiger partial charge in [0.25, 0.3) is 5.91 Å². The Morgan fingerprint density at radius 2 is 2.28 bits per heavy atom. The molecule has 0 aromatic carbocycles. The van der Waals surface area contributed by atoms with E-state index >= 15 is 0 Å². The highest BCUT2D eigenvalue weighted by Crippen LogP contribution is 2.52. The van der Waals surface area contributed by atoms with Crippen molar-refractivity contribution in [2.75, 3.05) is 7.05 Å². The van der Waals surface area contributed by atoms with Gasteiger partial charge in [-0.25, -0.2) is 0 Å². The molecule has 1 aliphatic heterocycles. The molecular formula is C14H17N2OS+. The van der Waals surface area contributed by atoms with Crippen LogP contribution in [-0.2, 0) is 4.79 Å². The first-order chi connectivity index (χ1) is 8.75. The molecule has 2 bridgehead atoms. The van der Waals surface area contributed by atoms with Gasteiger partial charge >= 0.3 is 0 Å². The van der Waals surface area contributed by atoms with Crippen LogP contribution >= 0.6 is 11.3 Å². The molecule has 0 N–H and O–H groups in total. The van der Waals surface area contributed by atoms with Crippen molar-refractivity contribution in [2.45, 2.75) is 25.3 Å². The molecule has 2 aliphatic carbocycles. The van der Waals surface area contributed by atoms with Crippen LogP contribution in [-0.4, -0.2) is 34.9 Å². The van der Waals surface area contributed by atoms with Gasteiger partial charge in [0.2, 0.25) is 6.21 Å². The fraction of sp³-hybridized carbons (Fsp3) is 0.571. The van der Waals surface area contributed by atoms with Crippen molar-refractivity contribution >= 4 is 23.5 Å². The Morgan fingerprint density at radius 3 is 3.06 bits per heavy atom. The molecule has 4 atom stereocenters. The molecule has 0 radical (unpaired) electrons. The Bertz CT molecular complexity index is 522. The normalized spacial score (nSPS) is 39.9. The van der Waals surface area contributed by atoms with Gasteiger partial charge in [0.15, 0.2) is 6.04 Å². The maximum atomic E-state index is 12.4. The molecule has 1 unspecified atom stereocenters. The number of hydrogen-bond donors (Lipinski definition) is 0. The Labute approximate surface area is 111 Å². The average molecular weight is 261 g/mol. The predicted octanol–water partition coefficient (Wildman–Crippen LogP) is 1.98. The zero-order valence-corrected chi connectivity index (χ0v) is 11.3. The van der Waals surface area contributed by atoms with Crippen molar-refractivity contribution in [3.63, 3.8) is 0 Å². The highest BCUT2D eigenvalue weighted by Gasteiger charge is 2.63. The number of thiophene rings is 1. The molecule has 18 heavy (non-hydrogen) atoms. The first-order valence-corrected chi connectivity index (χ1v) is 7.58. The van der Waals surface area contributed by atoms with E-state index in [1.54, 1.807) is 11.3 Å². The molecule has 3 aliphatic rings. The van der Waals surface area contributed by atoms with Crippen LogP contribution in [0.25, 0.3) is 0 Å². The fourth-order valence-electron chi connectivity index (χ4n) is 4.19. The Kier molecular flexibility index (Phi) is 2.19. The van der Waals surface area contributed by atoms with E-state index in [2.05, 4.69) is 28.4 Å². The summed E-state index contributed by atoms with van der Waals surface area (Å²) in [6.45, 7) is 0. The minimum Gasteiger partial charge on any atom is -0.268 e.